The number of hydrogen-bond donors (Lipinski definition) is 3. The number of aliphatic imine (C=N–C) groups is 1. The zero-order valence-electron chi connectivity index (χ0n) is 17.9. The summed E-state index contributed by atoms with van der Waals surface area (Å²) in [6.45, 7) is 10.4. The number of carbonyl (C=O) groups excluding carboxylic acids is 1. The molecule has 0 fully saturated rings. The number of carbonyl (C=O) groups is 1. The van der Waals surface area contributed by atoms with Crippen LogP contribution in [0.15, 0.2) is 29.5 Å². The summed E-state index contributed by atoms with van der Waals surface area (Å²) in [4.78, 5) is 25.3. The number of anilines is 2. The molecule has 0 aliphatic heterocycles. The van der Waals surface area contributed by atoms with Gasteiger partial charge < -0.3 is 15.7 Å². The normalized spacial score (nSPS) is 11.6. The third-order valence-electron chi connectivity index (χ3n) is 4.38. The van der Waals surface area contributed by atoms with Crippen LogP contribution in [0.25, 0.3) is 0 Å². The Morgan fingerprint density at radius 3 is 2.69 bits per heavy atom. The molecular weight excluding hydrogens is 366 g/mol. The fraction of sp³-hybridized carbons (Fsp3) is 0.455. The van der Waals surface area contributed by atoms with Crippen molar-refractivity contribution in [2.75, 3.05) is 18.5 Å². The van der Waals surface area contributed by atoms with Crippen LogP contribution in [0.4, 0.5) is 17.2 Å². The molecule has 156 valence electrons. The third-order valence-corrected chi connectivity index (χ3v) is 4.38. The third kappa shape index (κ3) is 6.64. The number of benzene rings is 1. The summed E-state index contributed by atoms with van der Waals surface area (Å²) < 4.78 is 0. The smallest absolute Gasteiger partial charge is 0.265 e. The molecule has 1 heterocycles. The fourth-order valence-corrected chi connectivity index (χ4v) is 2.90. The van der Waals surface area contributed by atoms with Gasteiger partial charge in [0.05, 0.1) is 5.69 Å². The Balaban J connectivity index is 2.34. The molecule has 0 unspecified atom stereocenters. The largest absolute Gasteiger partial charge is 0.396 e. The van der Waals surface area contributed by atoms with Crippen LogP contribution in [0, 0.1) is 19.8 Å². The van der Waals surface area contributed by atoms with Gasteiger partial charge in [-0.15, -0.1) is 0 Å². The lowest BCUT2D eigenvalue weighted by molar-refractivity contribution is -0.114. The number of rotatable bonds is 9. The van der Waals surface area contributed by atoms with Gasteiger partial charge in [-0.3, -0.25) is 4.79 Å². The van der Waals surface area contributed by atoms with E-state index in [-0.39, 0.29) is 12.5 Å². The molecule has 0 bridgehead atoms. The van der Waals surface area contributed by atoms with Crippen LogP contribution in [0.2, 0.25) is 0 Å². The second kappa shape index (κ2) is 10.7. The van der Waals surface area contributed by atoms with Crippen LogP contribution < -0.4 is 10.6 Å². The van der Waals surface area contributed by atoms with E-state index in [1.54, 1.807) is 6.92 Å². The van der Waals surface area contributed by atoms with Crippen molar-refractivity contribution < 1.29 is 9.90 Å². The highest BCUT2D eigenvalue weighted by molar-refractivity contribution is 6.38. The summed E-state index contributed by atoms with van der Waals surface area (Å²) in [6, 6.07) is 6.29. The molecule has 3 N–H and O–H groups in total. The molecule has 0 aliphatic rings. The highest BCUT2D eigenvalue weighted by Crippen LogP contribution is 2.30. The molecule has 0 radical (unpaired) electrons. The van der Waals surface area contributed by atoms with Crippen molar-refractivity contribution in [1.82, 2.24) is 15.3 Å². The van der Waals surface area contributed by atoms with E-state index in [0.29, 0.717) is 41.8 Å². The van der Waals surface area contributed by atoms with Gasteiger partial charge >= 0.3 is 0 Å². The molecule has 1 aromatic heterocycles. The average molecular weight is 398 g/mol. The summed E-state index contributed by atoms with van der Waals surface area (Å²) in [5.41, 5.74) is 4.93. The molecule has 0 saturated carbocycles. The molecule has 2 aromatic rings. The maximum absolute atomic E-state index is 12.2. The van der Waals surface area contributed by atoms with Gasteiger partial charge in [-0.2, -0.15) is 0 Å². The van der Waals surface area contributed by atoms with Crippen molar-refractivity contribution in [1.29, 1.82) is 0 Å². The first-order valence-corrected chi connectivity index (χ1v) is 9.94. The lowest BCUT2D eigenvalue weighted by Crippen LogP contribution is -2.30. The van der Waals surface area contributed by atoms with Gasteiger partial charge in [0.15, 0.2) is 5.82 Å². The molecule has 0 saturated heterocycles. The van der Waals surface area contributed by atoms with Crippen molar-refractivity contribution >= 4 is 28.8 Å². The Hall–Kier alpha value is -2.80. The number of aliphatic hydroxyl groups is 1. The zero-order chi connectivity index (χ0) is 21.4. The van der Waals surface area contributed by atoms with Crippen LogP contribution >= 0.6 is 0 Å². The van der Waals surface area contributed by atoms with Gasteiger partial charge in [0.2, 0.25) is 0 Å². The Morgan fingerprint density at radius 1 is 1.24 bits per heavy atom. The van der Waals surface area contributed by atoms with Crippen LogP contribution in [0.5, 0.6) is 0 Å². The van der Waals surface area contributed by atoms with Crippen LogP contribution in [0.3, 0.4) is 0 Å². The average Bonchev–Trinajstić information content (AvgIpc) is 2.66. The van der Waals surface area contributed by atoms with Gasteiger partial charge in [0.25, 0.3) is 5.91 Å². The Bertz CT molecular complexity index is 878. The van der Waals surface area contributed by atoms with Crippen molar-refractivity contribution in [2.45, 2.75) is 47.5 Å². The SMILES string of the molecule is CC(=Nc1c(C)ncnc1Nc1ccc(C)cc1CC(C)C)C(=O)NCCCO. The van der Waals surface area contributed by atoms with Crippen molar-refractivity contribution in [3.8, 4) is 0 Å². The number of hydrogen-bond acceptors (Lipinski definition) is 6. The van der Waals surface area contributed by atoms with Gasteiger partial charge in [0, 0.05) is 18.8 Å². The molecule has 0 aliphatic carbocycles. The van der Waals surface area contributed by atoms with E-state index in [0.717, 1.165) is 12.1 Å². The van der Waals surface area contributed by atoms with Crippen LogP contribution in [0.1, 0.15) is 44.0 Å². The minimum Gasteiger partial charge on any atom is -0.396 e. The first kappa shape index (κ1) is 22.5. The maximum atomic E-state index is 12.2. The van der Waals surface area contributed by atoms with E-state index >= 15 is 0 Å². The topological polar surface area (TPSA) is 99.5 Å². The van der Waals surface area contributed by atoms with E-state index in [1.807, 2.05) is 13.0 Å². The van der Waals surface area contributed by atoms with Gasteiger partial charge in [-0.05, 0) is 51.2 Å². The molecule has 7 nitrogen and oxygen atoms in total. The number of amides is 1. The summed E-state index contributed by atoms with van der Waals surface area (Å²) in [7, 11) is 0. The fourth-order valence-electron chi connectivity index (χ4n) is 2.90. The summed E-state index contributed by atoms with van der Waals surface area (Å²) >= 11 is 0. The molecule has 1 amide bonds. The molecule has 1 aromatic carbocycles. The second-order valence-electron chi connectivity index (χ2n) is 7.57. The predicted molar refractivity (Wildman–Crippen MR) is 117 cm³/mol. The van der Waals surface area contributed by atoms with Gasteiger partial charge in [-0.25, -0.2) is 15.0 Å². The number of aromatic nitrogens is 2. The Labute approximate surface area is 172 Å². The Kier molecular flexibility index (Phi) is 8.27. The van der Waals surface area contributed by atoms with Crippen molar-refractivity contribution in [2.24, 2.45) is 10.9 Å². The zero-order valence-corrected chi connectivity index (χ0v) is 17.9. The van der Waals surface area contributed by atoms with Crippen LogP contribution in [-0.4, -0.2) is 39.8 Å². The first-order chi connectivity index (χ1) is 13.8. The van der Waals surface area contributed by atoms with E-state index in [2.05, 4.69) is 58.5 Å². The monoisotopic (exact) mass is 397 g/mol. The minimum absolute atomic E-state index is 0.0332. The quantitative estimate of drug-likeness (QED) is 0.443. The number of nitrogens with one attached hydrogen (secondary N) is 2. The van der Waals surface area contributed by atoms with E-state index in [1.165, 1.54) is 17.5 Å². The molecule has 0 atom stereocenters. The summed E-state index contributed by atoms with van der Waals surface area (Å²) in [5.74, 6) is 0.809. The first-order valence-electron chi connectivity index (χ1n) is 9.94. The molecule has 7 heteroatoms. The standard InChI is InChI=1S/C22H31N5O2/c1-14(2)11-18-12-15(3)7-8-19(18)27-21-20(16(4)24-13-25-21)26-17(5)22(29)23-9-6-10-28/h7-8,12-14,28H,6,9-11H2,1-5H3,(H,23,29)(H,24,25,27). The molecule has 2 rings (SSSR count). The Morgan fingerprint density at radius 2 is 2.00 bits per heavy atom. The second-order valence-corrected chi connectivity index (χ2v) is 7.57. The summed E-state index contributed by atoms with van der Waals surface area (Å²) in [5, 5.41) is 15.0. The number of aryl methyl sites for hydroxylation is 2. The highest BCUT2D eigenvalue weighted by atomic mass is 16.3. The van der Waals surface area contributed by atoms with E-state index in [9.17, 15) is 4.79 Å². The number of aliphatic hydroxyl groups excluding tert-OH is 1. The van der Waals surface area contributed by atoms with Crippen molar-refractivity contribution in [3.05, 3.63) is 41.3 Å². The lowest BCUT2D eigenvalue weighted by atomic mass is 9.99. The molecule has 29 heavy (non-hydrogen) atoms. The van der Waals surface area contributed by atoms with Crippen LogP contribution in [-0.2, 0) is 11.2 Å². The maximum Gasteiger partial charge on any atom is 0.265 e. The molecular formula is C22H31N5O2. The summed E-state index contributed by atoms with van der Waals surface area (Å²) in [6.07, 6.45) is 2.94. The van der Waals surface area contributed by atoms with Gasteiger partial charge in [-0.1, -0.05) is 31.5 Å². The lowest BCUT2D eigenvalue weighted by Gasteiger charge is -2.16. The molecule has 0 spiro atoms. The highest BCUT2D eigenvalue weighted by Gasteiger charge is 2.14. The predicted octanol–water partition coefficient (Wildman–Crippen LogP) is 3.63. The van der Waals surface area contributed by atoms with Gasteiger partial charge in [0.1, 0.15) is 17.7 Å². The van der Waals surface area contributed by atoms with Crippen molar-refractivity contribution in [3.63, 3.8) is 0 Å². The van der Waals surface area contributed by atoms with E-state index in [4.69, 9.17) is 5.11 Å². The minimum atomic E-state index is -0.275. The van der Waals surface area contributed by atoms with E-state index < -0.39 is 0 Å². The number of nitrogens with zero attached hydrogens (tertiary/aromatic N) is 3.